The van der Waals surface area contributed by atoms with Crippen LogP contribution >= 0.6 is 27.7 Å². The topological polar surface area (TPSA) is 59.2 Å². The monoisotopic (exact) mass is 471 g/mol. The Labute approximate surface area is 183 Å². The van der Waals surface area contributed by atoms with E-state index in [2.05, 4.69) is 45.2 Å². The standard InChI is InChI=1S/C22H22BrN3O2S/c1-15(17-11-12-17)26(13-16-7-3-2-4-8-16)20(27)14-29-22-25-24-21(28-22)18-9-5-6-10-19(18)23/h2-10,15,17H,11-14H2,1H3. The maximum atomic E-state index is 13.0. The zero-order valence-corrected chi connectivity index (χ0v) is 18.5. The third-order valence-electron chi connectivity index (χ3n) is 5.14. The van der Waals surface area contributed by atoms with Gasteiger partial charge in [0.15, 0.2) is 0 Å². The molecule has 1 unspecified atom stereocenters. The van der Waals surface area contributed by atoms with Crippen LogP contribution in [0.5, 0.6) is 0 Å². The van der Waals surface area contributed by atoms with Crippen LogP contribution in [0.15, 0.2) is 68.7 Å². The predicted molar refractivity (Wildman–Crippen MR) is 117 cm³/mol. The first kappa shape index (κ1) is 20.2. The molecule has 0 bridgehead atoms. The Hall–Kier alpha value is -2.12. The smallest absolute Gasteiger partial charge is 0.277 e. The average molecular weight is 472 g/mol. The Kier molecular flexibility index (Phi) is 6.35. The summed E-state index contributed by atoms with van der Waals surface area (Å²) in [5.41, 5.74) is 1.98. The third-order valence-corrected chi connectivity index (χ3v) is 6.64. The van der Waals surface area contributed by atoms with Gasteiger partial charge in [0.1, 0.15) is 0 Å². The molecule has 1 aliphatic carbocycles. The highest BCUT2D eigenvalue weighted by molar-refractivity contribution is 9.10. The van der Waals surface area contributed by atoms with Crippen molar-refractivity contribution in [3.05, 3.63) is 64.6 Å². The van der Waals surface area contributed by atoms with Gasteiger partial charge in [0.05, 0.1) is 11.3 Å². The molecule has 0 spiro atoms. The molecule has 0 aliphatic heterocycles. The Bertz CT molecular complexity index is 975. The SMILES string of the molecule is CC(C1CC1)N(Cc1ccccc1)C(=O)CSc1nnc(-c2ccccc2Br)o1. The molecule has 1 amide bonds. The van der Waals surface area contributed by atoms with E-state index in [0.717, 1.165) is 15.6 Å². The minimum absolute atomic E-state index is 0.0962. The van der Waals surface area contributed by atoms with Gasteiger partial charge in [-0.1, -0.05) is 54.2 Å². The van der Waals surface area contributed by atoms with Crippen LogP contribution in [0.1, 0.15) is 25.3 Å². The van der Waals surface area contributed by atoms with Gasteiger partial charge in [-0.05, 0) is 59.3 Å². The summed E-state index contributed by atoms with van der Waals surface area (Å²) in [4.78, 5) is 15.0. The zero-order chi connectivity index (χ0) is 20.2. The summed E-state index contributed by atoms with van der Waals surface area (Å²) in [5, 5.41) is 8.62. The fourth-order valence-corrected chi connectivity index (χ4v) is 4.39. The van der Waals surface area contributed by atoms with Gasteiger partial charge in [0, 0.05) is 17.1 Å². The molecule has 0 saturated heterocycles. The van der Waals surface area contributed by atoms with Crippen molar-refractivity contribution in [2.45, 2.75) is 37.6 Å². The number of rotatable bonds is 8. The van der Waals surface area contributed by atoms with Crippen LogP contribution in [0.4, 0.5) is 0 Å². The van der Waals surface area contributed by atoms with E-state index in [4.69, 9.17) is 4.42 Å². The lowest BCUT2D eigenvalue weighted by molar-refractivity contribution is -0.131. The van der Waals surface area contributed by atoms with Crippen molar-refractivity contribution in [3.8, 4) is 11.5 Å². The highest BCUT2D eigenvalue weighted by Crippen LogP contribution is 2.36. The first-order valence-corrected chi connectivity index (χ1v) is 11.4. The molecule has 1 atom stereocenters. The number of halogens is 1. The minimum Gasteiger partial charge on any atom is -0.411 e. The molecule has 1 heterocycles. The number of nitrogens with zero attached hydrogens (tertiary/aromatic N) is 3. The maximum Gasteiger partial charge on any atom is 0.277 e. The van der Waals surface area contributed by atoms with E-state index in [1.165, 1.54) is 24.6 Å². The zero-order valence-electron chi connectivity index (χ0n) is 16.1. The molecule has 1 aromatic heterocycles. The number of amides is 1. The Morgan fingerprint density at radius 2 is 1.90 bits per heavy atom. The molecule has 2 aromatic carbocycles. The van der Waals surface area contributed by atoms with Crippen molar-refractivity contribution >= 4 is 33.6 Å². The lowest BCUT2D eigenvalue weighted by atomic mass is 10.1. The predicted octanol–water partition coefficient (Wildman–Crippen LogP) is 5.42. The van der Waals surface area contributed by atoms with Crippen molar-refractivity contribution in [2.24, 2.45) is 5.92 Å². The molecule has 1 aliphatic rings. The van der Waals surface area contributed by atoms with Gasteiger partial charge < -0.3 is 9.32 Å². The van der Waals surface area contributed by atoms with Crippen LogP contribution < -0.4 is 0 Å². The van der Waals surface area contributed by atoms with Gasteiger partial charge >= 0.3 is 0 Å². The Balaban J connectivity index is 1.42. The highest BCUT2D eigenvalue weighted by Gasteiger charge is 2.34. The van der Waals surface area contributed by atoms with Gasteiger partial charge in [0.2, 0.25) is 11.8 Å². The van der Waals surface area contributed by atoms with Gasteiger partial charge in [0.25, 0.3) is 5.22 Å². The summed E-state index contributed by atoms with van der Waals surface area (Å²) in [6.45, 7) is 2.78. The number of benzene rings is 2. The van der Waals surface area contributed by atoms with Gasteiger partial charge in [-0.15, -0.1) is 10.2 Å². The summed E-state index contributed by atoms with van der Waals surface area (Å²) in [5.74, 6) is 1.43. The van der Waals surface area contributed by atoms with Crippen LogP contribution in [0.25, 0.3) is 11.5 Å². The van der Waals surface area contributed by atoms with E-state index in [0.29, 0.717) is 23.6 Å². The lowest BCUT2D eigenvalue weighted by Gasteiger charge is -2.29. The van der Waals surface area contributed by atoms with E-state index < -0.39 is 0 Å². The molecular weight excluding hydrogens is 450 g/mol. The molecule has 1 fully saturated rings. The first-order chi connectivity index (χ1) is 14.1. The molecule has 3 aromatic rings. The Morgan fingerprint density at radius 1 is 1.17 bits per heavy atom. The number of carbonyl (C=O) groups excluding carboxylic acids is 1. The molecule has 5 nitrogen and oxygen atoms in total. The van der Waals surface area contributed by atoms with E-state index in [-0.39, 0.29) is 17.7 Å². The molecule has 0 N–H and O–H groups in total. The van der Waals surface area contributed by atoms with E-state index >= 15 is 0 Å². The Morgan fingerprint density at radius 3 is 2.62 bits per heavy atom. The molecule has 4 rings (SSSR count). The molecule has 150 valence electrons. The fraction of sp³-hybridized carbons (Fsp3) is 0.318. The van der Waals surface area contributed by atoms with Crippen LogP contribution in [0.2, 0.25) is 0 Å². The summed E-state index contributed by atoms with van der Waals surface area (Å²) >= 11 is 4.79. The maximum absolute atomic E-state index is 13.0. The first-order valence-electron chi connectivity index (χ1n) is 9.66. The lowest BCUT2D eigenvalue weighted by Crippen LogP contribution is -2.40. The van der Waals surface area contributed by atoms with Crippen molar-refractivity contribution < 1.29 is 9.21 Å². The second-order valence-electron chi connectivity index (χ2n) is 7.23. The van der Waals surface area contributed by atoms with Crippen molar-refractivity contribution in [1.29, 1.82) is 0 Å². The summed E-state index contributed by atoms with van der Waals surface area (Å²) in [7, 11) is 0. The fourth-order valence-electron chi connectivity index (χ4n) is 3.29. The largest absolute Gasteiger partial charge is 0.411 e. The van der Waals surface area contributed by atoms with Crippen LogP contribution in [-0.2, 0) is 11.3 Å². The van der Waals surface area contributed by atoms with Crippen LogP contribution in [0.3, 0.4) is 0 Å². The van der Waals surface area contributed by atoms with Crippen LogP contribution in [0, 0.1) is 5.92 Å². The van der Waals surface area contributed by atoms with E-state index in [9.17, 15) is 4.79 Å². The molecular formula is C22H22BrN3O2S. The summed E-state index contributed by atoms with van der Waals surface area (Å²) in [6, 6.07) is 18.1. The third kappa shape index (κ3) is 5.08. The van der Waals surface area contributed by atoms with Gasteiger partial charge in [-0.3, -0.25) is 4.79 Å². The van der Waals surface area contributed by atoms with Gasteiger partial charge in [-0.25, -0.2) is 0 Å². The number of carbonyl (C=O) groups is 1. The molecule has 7 heteroatoms. The summed E-state index contributed by atoms with van der Waals surface area (Å²) in [6.07, 6.45) is 2.40. The second kappa shape index (κ2) is 9.13. The number of hydrogen-bond donors (Lipinski definition) is 0. The van der Waals surface area contributed by atoms with Crippen molar-refractivity contribution in [2.75, 3.05) is 5.75 Å². The van der Waals surface area contributed by atoms with E-state index in [1.54, 1.807) is 0 Å². The number of hydrogen-bond acceptors (Lipinski definition) is 5. The highest BCUT2D eigenvalue weighted by atomic mass is 79.9. The average Bonchev–Trinajstić information content (AvgIpc) is 3.49. The van der Waals surface area contributed by atoms with Crippen molar-refractivity contribution in [1.82, 2.24) is 15.1 Å². The molecule has 1 saturated carbocycles. The number of thioether (sulfide) groups is 1. The van der Waals surface area contributed by atoms with Crippen molar-refractivity contribution in [3.63, 3.8) is 0 Å². The molecule has 0 radical (unpaired) electrons. The van der Waals surface area contributed by atoms with Crippen LogP contribution in [-0.4, -0.2) is 32.8 Å². The summed E-state index contributed by atoms with van der Waals surface area (Å²) < 4.78 is 6.65. The van der Waals surface area contributed by atoms with E-state index in [1.807, 2.05) is 47.4 Å². The quantitative estimate of drug-likeness (QED) is 0.410. The minimum atomic E-state index is 0.0962. The van der Waals surface area contributed by atoms with Gasteiger partial charge in [-0.2, -0.15) is 0 Å². The number of aromatic nitrogens is 2. The second-order valence-corrected chi connectivity index (χ2v) is 9.01. The molecule has 29 heavy (non-hydrogen) atoms. The normalized spacial score (nSPS) is 14.6.